The van der Waals surface area contributed by atoms with Crippen LogP contribution in [0.3, 0.4) is 0 Å². The molecule has 104 valence electrons. The summed E-state index contributed by atoms with van der Waals surface area (Å²) in [6.07, 6.45) is 10.1. The summed E-state index contributed by atoms with van der Waals surface area (Å²) in [4.78, 5) is 2.83. The summed E-state index contributed by atoms with van der Waals surface area (Å²) in [6, 6.07) is 2.52. The second-order valence-corrected chi connectivity index (χ2v) is 7.10. The molecule has 3 aliphatic rings. The van der Waals surface area contributed by atoms with Crippen molar-refractivity contribution in [3.05, 3.63) is 0 Å². The third-order valence-electron chi connectivity index (χ3n) is 5.32. The van der Waals surface area contributed by atoms with Gasteiger partial charge in [-0.2, -0.15) is 0 Å². The van der Waals surface area contributed by atoms with Crippen molar-refractivity contribution < 1.29 is 0 Å². The third kappa shape index (κ3) is 2.91. The van der Waals surface area contributed by atoms with Crippen LogP contribution in [0.5, 0.6) is 0 Å². The summed E-state index contributed by atoms with van der Waals surface area (Å²) in [5.74, 6) is 1.89. The lowest BCUT2D eigenvalue weighted by atomic mass is 9.77. The molecule has 2 heteroatoms. The monoisotopic (exact) mass is 250 g/mol. The van der Waals surface area contributed by atoms with Gasteiger partial charge in [-0.3, -0.25) is 4.90 Å². The van der Waals surface area contributed by atoms with E-state index >= 15 is 0 Å². The van der Waals surface area contributed by atoms with Crippen LogP contribution in [0.1, 0.15) is 58.8 Å². The predicted molar refractivity (Wildman–Crippen MR) is 76.7 cm³/mol. The molecule has 2 saturated carbocycles. The fourth-order valence-electron chi connectivity index (χ4n) is 4.08. The fourth-order valence-corrected chi connectivity index (χ4v) is 4.08. The Bertz CT molecular complexity index is 268. The normalized spacial score (nSPS) is 36.3. The second kappa shape index (κ2) is 5.50. The highest BCUT2D eigenvalue weighted by molar-refractivity contribution is 4.93. The zero-order chi connectivity index (χ0) is 12.5. The zero-order valence-electron chi connectivity index (χ0n) is 12.2. The maximum absolute atomic E-state index is 3.87. The van der Waals surface area contributed by atoms with E-state index in [-0.39, 0.29) is 0 Å². The van der Waals surface area contributed by atoms with Gasteiger partial charge in [0.05, 0.1) is 0 Å². The molecule has 1 N–H and O–H groups in total. The van der Waals surface area contributed by atoms with Gasteiger partial charge >= 0.3 is 0 Å². The van der Waals surface area contributed by atoms with Gasteiger partial charge in [-0.05, 0) is 50.4 Å². The second-order valence-electron chi connectivity index (χ2n) is 7.10. The molecule has 3 unspecified atom stereocenters. The van der Waals surface area contributed by atoms with Gasteiger partial charge in [-0.15, -0.1) is 0 Å². The molecular weight excluding hydrogens is 220 g/mol. The van der Waals surface area contributed by atoms with Crippen LogP contribution in [0.25, 0.3) is 0 Å². The van der Waals surface area contributed by atoms with Crippen molar-refractivity contribution in [2.75, 3.05) is 13.1 Å². The van der Waals surface area contributed by atoms with Crippen LogP contribution < -0.4 is 5.32 Å². The van der Waals surface area contributed by atoms with Crippen molar-refractivity contribution in [2.24, 2.45) is 11.8 Å². The molecule has 3 rings (SSSR count). The summed E-state index contributed by atoms with van der Waals surface area (Å²) in [6.45, 7) is 7.50. The van der Waals surface area contributed by atoms with E-state index in [0.717, 1.165) is 30.0 Å². The minimum absolute atomic E-state index is 0.773. The number of nitrogens with one attached hydrogen (secondary N) is 1. The molecule has 3 fully saturated rings. The van der Waals surface area contributed by atoms with Crippen LogP contribution >= 0.6 is 0 Å². The first-order chi connectivity index (χ1) is 8.76. The van der Waals surface area contributed by atoms with E-state index in [1.165, 1.54) is 58.0 Å². The molecule has 0 aromatic heterocycles. The largest absolute Gasteiger partial charge is 0.310 e. The number of likely N-dealkylation sites (tertiary alicyclic amines) is 1. The molecule has 1 aliphatic heterocycles. The van der Waals surface area contributed by atoms with E-state index < -0.39 is 0 Å². The Morgan fingerprint density at radius 3 is 2.44 bits per heavy atom. The molecule has 0 aromatic carbocycles. The molecule has 0 spiro atoms. The first-order valence-electron chi connectivity index (χ1n) is 8.26. The minimum Gasteiger partial charge on any atom is -0.310 e. The highest BCUT2D eigenvalue weighted by atomic mass is 15.2. The van der Waals surface area contributed by atoms with Crippen molar-refractivity contribution in [3.8, 4) is 0 Å². The van der Waals surface area contributed by atoms with Crippen molar-refractivity contribution in [2.45, 2.75) is 76.9 Å². The molecule has 0 aromatic rings. The van der Waals surface area contributed by atoms with Gasteiger partial charge in [0.2, 0.25) is 0 Å². The van der Waals surface area contributed by atoms with Gasteiger partial charge < -0.3 is 5.32 Å². The highest BCUT2D eigenvalue weighted by Crippen LogP contribution is 2.35. The standard InChI is InChI=1S/C16H30N2/c1-3-16(13-5-4-6-13)18-10-12(2)9-15(11-18)17-14-7-8-14/h12-17H,3-11H2,1-2H3. The highest BCUT2D eigenvalue weighted by Gasteiger charge is 2.36. The van der Waals surface area contributed by atoms with Crippen LogP contribution in [0.2, 0.25) is 0 Å². The lowest BCUT2D eigenvalue weighted by molar-refractivity contribution is 0.0436. The van der Waals surface area contributed by atoms with Gasteiger partial charge in [0.15, 0.2) is 0 Å². The topological polar surface area (TPSA) is 15.3 Å². The summed E-state index contributed by atoms with van der Waals surface area (Å²) in [5.41, 5.74) is 0. The third-order valence-corrected chi connectivity index (χ3v) is 5.32. The van der Waals surface area contributed by atoms with E-state index in [2.05, 4.69) is 24.1 Å². The lowest BCUT2D eigenvalue weighted by Crippen LogP contribution is -2.55. The zero-order valence-corrected chi connectivity index (χ0v) is 12.2. The molecule has 1 saturated heterocycles. The smallest absolute Gasteiger partial charge is 0.0200 e. The Morgan fingerprint density at radius 1 is 1.11 bits per heavy atom. The molecule has 2 aliphatic carbocycles. The van der Waals surface area contributed by atoms with Crippen molar-refractivity contribution >= 4 is 0 Å². The fraction of sp³-hybridized carbons (Fsp3) is 1.00. The lowest BCUT2D eigenvalue weighted by Gasteiger charge is -2.46. The van der Waals surface area contributed by atoms with Crippen LogP contribution in [0, 0.1) is 11.8 Å². The number of hydrogen-bond acceptors (Lipinski definition) is 2. The van der Waals surface area contributed by atoms with Gasteiger partial charge in [0.1, 0.15) is 0 Å². The molecule has 0 amide bonds. The van der Waals surface area contributed by atoms with E-state index in [9.17, 15) is 0 Å². The molecular formula is C16H30N2. The Hall–Kier alpha value is -0.0800. The molecule has 2 nitrogen and oxygen atoms in total. The summed E-state index contributed by atoms with van der Waals surface area (Å²) >= 11 is 0. The van der Waals surface area contributed by atoms with Crippen molar-refractivity contribution in [1.82, 2.24) is 10.2 Å². The Morgan fingerprint density at radius 2 is 1.89 bits per heavy atom. The van der Waals surface area contributed by atoms with Crippen molar-refractivity contribution in [3.63, 3.8) is 0 Å². The first-order valence-corrected chi connectivity index (χ1v) is 8.26. The molecule has 3 atom stereocenters. The van der Waals surface area contributed by atoms with Crippen LogP contribution in [-0.2, 0) is 0 Å². The average Bonchev–Trinajstić information content (AvgIpc) is 3.06. The van der Waals surface area contributed by atoms with Gasteiger partial charge in [-0.25, -0.2) is 0 Å². The maximum Gasteiger partial charge on any atom is 0.0200 e. The van der Waals surface area contributed by atoms with E-state index in [1.807, 2.05) is 0 Å². The van der Waals surface area contributed by atoms with Gasteiger partial charge in [0, 0.05) is 31.2 Å². The summed E-state index contributed by atoms with van der Waals surface area (Å²) < 4.78 is 0. The Kier molecular flexibility index (Phi) is 3.95. The summed E-state index contributed by atoms with van der Waals surface area (Å²) in [7, 11) is 0. The van der Waals surface area contributed by atoms with Gasteiger partial charge in [0.25, 0.3) is 0 Å². The number of rotatable bonds is 5. The van der Waals surface area contributed by atoms with Crippen molar-refractivity contribution in [1.29, 1.82) is 0 Å². The Balaban J connectivity index is 1.58. The van der Waals surface area contributed by atoms with Crippen LogP contribution in [0.4, 0.5) is 0 Å². The number of nitrogens with zero attached hydrogens (tertiary/aromatic N) is 1. The molecule has 0 bridgehead atoms. The summed E-state index contributed by atoms with van der Waals surface area (Å²) in [5, 5.41) is 3.87. The SMILES string of the molecule is CCC(C1CCC1)N1CC(C)CC(NC2CC2)C1. The number of piperidine rings is 1. The average molecular weight is 250 g/mol. The van der Waals surface area contributed by atoms with Crippen LogP contribution in [0.15, 0.2) is 0 Å². The molecule has 0 radical (unpaired) electrons. The maximum atomic E-state index is 3.87. The van der Waals surface area contributed by atoms with E-state index in [4.69, 9.17) is 0 Å². The Labute approximate surface area is 113 Å². The van der Waals surface area contributed by atoms with Crippen LogP contribution in [-0.4, -0.2) is 36.1 Å². The molecule has 18 heavy (non-hydrogen) atoms. The van der Waals surface area contributed by atoms with E-state index in [0.29, 0.717) is 0 Å². The molecule has 1 heterocycles. The van der Waals surface area contributed by atoms with Gasteiger partial charge in [-0.1, -0.05) is 20.3 Å². The predicted octanol–water partition coefficient (Wildman–Crippen LogP) is 3.03. The minimum atomic E-state index is 0.773. The number of hydrogen-bond donors (Lipinski definition) is 1. The van der Waals surface area contributed by atoms with E-state index in [1.54, 1.807) is 0 Å². The quantitative estimate of drug-likeness (QED) is 0.807. The first kappa shape index (κ1) is 12.9.